The third-order valence-electron chi connectivity index (χ3n) is 5.44. The van der Waals surface area contributed by atoms with Crippen molar-refractivity contribution in [3.63, 3.8) is 0 Å². The number of ether oxygens (including phenoxy) is 1. The molecule has 3 heterocycles. The van der Waals surface area contributed by atoms with Gasteiger partial charge in [-0.3, -0.25) is 9.69 Å². The van der Waals surface area contributed by atoms with E-state index < -0.39 is 0 Å². The second-order valence-electron chi connectivity index (χ2n) is 8.12. The zero-order chi connectivity index (χ0) is 21.1. The number of nitrogens with one attached hydrogen (secondary N) is 1. The molecule has 0 spiro atoms. The number of benzene rings is 1. The molecule has 0 aliphatic carbocycles. The van der Waals surface area contributed by atoms with Crippen LogP contribution in [0.3, 0.4) is 0 Å². The SMILES string of the molecule is Cc1noc2nc(C(C)C)cc(C(=O)NCC3CN(Cc4ccccc4)CCO3)c12. The van der Waals surface area contributed by atoms with Crippen LogP contribution in [0.1, 0.15) is 47.1 Å². The first-order valence-electron chi connectivity index (χ1n) is 10.4. The van der Waals surface area contributed by atoms with E-state index in [0.29, 0.717) is 35.5 Å². The van der Waals surface area contributed by atoms with Crippen LogP contribution in [0.4, 0.5) is 0 Å². The molecule has 1 fully saturated rings. The normalized spacial score (nSPS) is 17.5. The Morgan fingerprint density at radius 1 is 1.30 bits per heavy atom. The van der Waals surface area contributed by atoms with E-state index in [2.05, 4.69) is 44.6 Å². The van der Waals surface area contributed by atoms with Crippen molar-refractivity contribution < 1.29 is 14.1 Å². The smallest absolute Gasteiger partial charge is 0.259 e. The van der Waals surface area contributed by atoms with E-state index in [1.54, 1.807) is 0 Å². The largest absolute Gasteiger partial charge is 0.374 e. The third-order valence-corrected chi connectivity index (χ3v) is 5.44. The van der Waals surface area contributed by atoms with Crippen LogP contribution in [0.2, 0.25) is 0 Å². The Morgan fingerprint density at radius 3 is 2.87 bits per heavy atom. The monoisotopic (exact) mass is 408 g/mol. The van der Waals surface area contributed by atoms with Gasteiger partial charge in [-0.15, -0.1) is 0 Å². The van der Waals surface area contributed by atoms with E-state index in [0.717, 1.165) is 25.3 Å². The molecule has 2 aromatic heterocycles. The minimum absolute atomic E-state index is 0.0446. The molecule has 4 rings (SSSR count). The van der Waals surface area contributed by atoms with Gasteiger partial charge in [-0.05, 0) is 24.5 Å². The van der Waals surface area contributed by atoms with E-state index in [1.807, 2.05) is 32.9 Å². The molecule has 0 saturated carbocycles. The second kappa shape index (κ2) is 8.93. The fraction of sp³-hybridized carbons (Fsp3) is 0.435. The first-order chi connectivity index (χ1) is 14.5. The average Bonchev–Trinajstić information content (AvgIpc) is 3.13. The minimum atomic E-state index is -0.153. The predicted octanol–water partition coefficient (Wildman–Crippen LogP) is 3.29. The number of aryl methyl sites for hydroxylation is 1. The standard InChI is InChI=1S/C23H28N4O3/c1-15(2)20-11-19(21-16(3)26-30-23(21)25-20)22(28)24-12-18-14-27(9-10-29-18)13-17-7-5-4-6-8-17/h4-8,11,15,18H,9-10,12-14H2,1-3H3,(H,24,28). The van der Waals surface area contributed by atoms with Crippen LogP contribution in [-0.2, 0) is 11.3 Å². The topological polar surface area (TPSA) is 80.5 Å². The van der Waals surface area contributed by atoms with Gasteiger partial charge in [0.2, 0.25) is 0 Å². The molecule has 1 atom stereocenters. The highest BCUT2D eigenvalue weighted by atomic mass is 16.5. The van der Waals surface area contributed by atoms with Gasteiger partial charge in [-0.25, -0.2) is 4.98 Å². The van der Waals surface area contributed by atoms with Crippen molar-refractivity contribution >= 4 is 17.0 Å². The fourth-order valence-electron chi connectivity index (χ4n) is 3.78. The summed E-state index contributed by atoms with van der Waals surface area (Å²) in [6, 6.07) is 12.3. The van der Waals surface area contributed by atoms with Gasteiger partial charge >= 0.3 is 0 Å². The van der Waals surface area contributed by atoms with Gasteiger partial charge in [0.15, 0.2) is 0 Å². The number of pyridine rings is 1. The Morgan fingerprint density at radius 2 is 2.10 bits per heavy atom. The number of morpholine rings is 1. The second-order valence-corrected chi connectivity index (χ2v) is 8.12. The van der Waals surface area contributed by atoms with Gasteiger partial charge in [0.1, 0.15) is 0 Å². The van der Waals surface area contributed by atoms with E-state index in [-0.39, 0.29) is 17.9 Å². The van der Waals surface area contributed by atoms with Gasteiger partial charge < -0.3 is 14.6 Å². The minimum Gasteiger partial charge on any atom is -0.374 e. The zero-order valence-corrected chi connectivity index (χ0v) is 17.7. The lowest BCUT2D eigenvalue weighted by molar-refractivity contribution is -0.0292. The van der Waals surface area contributed by atoms with E-state index >= 15 is 0 Å². The summed E-state index contributed by atoms with van der Waals surface area (Å²) in [6.45, 7) is 9.58. The van der Waals surface area contributed by atoms with Crippen LogP contribution in [-0.4, -0.2) is 53.3 Å². The quantitative estimate of drug-likeness (QED) is 0.674. The number of hydrogen-bond acceptors (Lipinski definition) is 6. The predicted molar refractivity (Wildman–Crippen MR) is 114 cm³/mol. The van der Waals surface area contributed by atoms with Gasteiger partial charge in [0.25, 0.3) is 11.6 Å². The number of rotatable bonds is 6. The summed E-state index contributed by atoms with van der Waals surface area (Å²) < 4.78 is 11.2. The van der Waals surface area contributed by atoms with E-state index in [1.165, 1.54) is 5.56 Å². The molecule has 1 saturated heterocycles. The number of fused-ring (bicyclic) bond motifs is 1. The first-order valence-corrected chi connectivity index (χ1v) is 10.4. The van der Waals surface area contributed by atoms with E-state index in [9.17, 15) is 4.79 Å². The van der Waals surface area contributed by atoms with Crippen LogP contribution >= 0.6 is 0 Å². The highest BCUT2D eigenvalue weighted by Crippen LogP contribution is 2.25. The maximum Gasteiger partial charge on any atom is 0.259 e. The van der Waals surface area contributed by atoms with Crippen LogP contribution in [0.5, 0.6) is 0 Å². The molecular weight excluding hydrogens is 380 g/mol. The summed E-state index contributed by atoms with van der Waals surface area (Å²) in [6.07, 6.45) is -0.0446. The molecule has 0 radical (unpaired) electrons. The molecule has 1 aliphatic rings. The molecular formula is C23H28N4O3. The molecule has 30 heavy (non-hydrogen) atoms. The van der Waals surface area contributed by atoms with Gasteiger partial charge in [-0.1, -0.05) is 49.3 Å². The Balaban J connectivity index is 1.42. The number of aromatic nitrogens is 2. The Labute approximate surface area is 176 Å². The molecule has 1 amide bonds. The van der Waals surface area contributed by atoms with Gasteiger partial charge in [-0.2, -0.15) is 0 Å². The molecule has 1 aliphatic heterocycles. The van der Waals surface area contributed by atoms with Gasteiger partial charge in [0.05, 0.1) is 29.4 Å². The molecule has 0 bridgehead atoms. The summed E-state index contributed by atoms with van der Waals surface area (Å²) >= 11 is 0. The molecule has 3 aromatic rings. The average molecular weight is 409 g/mol. The summed E-state index contributed by atoms with van der Waals surface area (Å²) in [7, 11) is 0. The Bertz CT molecular complexity index is 1020. The maximum atomic E-state index is 13.0. The zero-order valence-electron chi connectivity index (χ0n) is 17.7. The molecule has 158 valence electrons. The van der Waals surface area contributed by atoms with Crippen LogP contribution < -0.4 is 5.32 Å². The Kier molecular flexibility index (Phi) is 6.11. The van der Waals surface area contributed by atoms with Crippen LogP contribution in [0.25, 0.3) is 11.1 Å². The van der Waals surface area contributed by atoms with Crippen LogP contribution in [0.15, 0.2) is 40.9 Å². The lowest BCUT2D eigenvalue weighted by Gasteiger charge is -2.33. The van der Waals surface area contributed by atoms with Crippen molar-refractivity contribution in [2.24, 2.45) is 0 Å². The number of carbonyl (C=O) groups is 1. The number of amides is 1. The fourth-order valence-corrected chi connectivity index (χ4v) is 3.78. The Hall–Kier alpha value is -2.77. The van der Waals surface area contributed by atoms with Crippen molar-refractivity contribution in [1.29, 1.82) is 0 Å². The van der Waals surface area contributed by atoms with Crippen molar-refractivity contribution in [2.45, 2.75) is 39.3 Å². The first kappa shape index (κ1) is 20.5. The maximum absolute atomic E-state index is 13.0. The van der Waals surface area contributed by atoms with Crippen molar-refractivity contribution in [3.05, 3.63) is 58.9 Å². The lowest BCUT2D eigenvalue weighted by Crippen LogP contribution is -2.47. The highest BCUT2D eigenvalue weighted by Gasteiger charge is 2.23. The number of hydrogen-bond donors (Lipinski definition) is 1. The molecule has 7 nitrogen and oxygen atoms in total. The van der Waals surface area contributed by atoms with Gasteiger partial charge in [0, 0.05) is 31.9 Å². The number of nitrogens with zero attached hydrogens (tertiary/aromatic N) is 3. The summed E-state index contributed by atoms with van der Waals surface area (Å²) in [5.41, 5.74) is 3.73. The van der Waals surface area contributed by atoms with Crippen molar-refractivity contribution in [2.75, 3.05) is 26.2 Å². The molecule has 7 heteroatoms. The summed E-state index contributed by atoms with van der Waals surface area (Å²) in [5.74, 6) is 0.0268. The van der Waals surface area contributed by atoms with Crippen LogP contribution in [0, 0.1) is 6.92 Å². The molecule has 1 N–H and O–H groups in total. The lowest BCUT2D eigenvalue weighted by atomic mass is 10.0. The van der Waals surface area contributed by atoms with Crippen molar-refractivity contribution in [1.82, 2.24) is 20.4 Å². The summed E-state index contributed by atoms with van der Waals surface area (Å²) in [5, 5.41) is 7.70. The van der Waals surface area contributed by atoms with Crippen molar-refractivity contribution in [3.8, 4) is 0 Å². The number of carbonyl (C=O) groups excluding carboxylic acids is 1. The molecule has 1 aromatic carbocycles. The highest BCUT2D eigenvalue weighted by molar-refractivity contribution is 6.06. The van der Waals surface area contributed by atoms with E-state index in [4.69, 9.17) is 9.26 Å². The third kappa shape index (κ3) is 4.52. The summed E-state index contributed by atoms with van der Waals surface area (Å²) in [4.78, 5) is 19.9. The molecule has 1 unspecified atom stereocenters.